The van der Waals surface area contributed by atoms with Gasteiger partial charge < -0.3 is 10.6 Å². The zero-order chi connectivity index (χ0) is 12.8. The van der Waals surface area contributed by atoms with Crippen LogP contribution in [0.3, 0.4) is 0 Å². The second kappa shape index (κ2) is 6.86. The minimum atomic E-state index is 0.568. The lowest BCUT2D eigenvalue weighted by molar-refractivity contribution is 0.270. The fraction of sp³-hybridized carbons (Fsp3) is 0.667. The highest BCUT2D eigenvalue weighted by Gasteiger charge is 2.24. The second-order valence-electron chi connectivity index (χ2n) is 5.56. The Labute approximate surface area is 110 Å². The quantitative estimate of drug-likeness (QED) is 0.839. The van der Waals surface area contributed by atoms with E-state index in [1.807, 2.05) is 12.4 Å². The maximum atomic E-state index is 4.05. The van der Waals surface area contributed by atoms with Crippen molar-refractivity contribution in [2.75, 3.05) is 0 Å². The van der Waals surface area contributed by atoms with Gasteiger partial charge >= 0.3 is 0 Å². The molecule has 1 aliphatic rings. The Morgan fingerprint density at radius 3 is 2.50 bits per heavy atom. The van der Waals surface area contributed by atoms with Gasteiger partial charge in [-0.1, -0.05) is 26.7 Å². The zero-order valence-corrected chi connectivity index (χ0v) is 11.5. The van der Waals surface area contributed by atoms with E-state index in [4.69, 9.17) is 0 Å². The molecule has 1 heterocycles. The van der Waals surface area contributed by atoms with Gasteiger partial charge in [0.15, 0.2) is 0 Å². The van der Waals surface area contributed by atoms with Gasteiger partial charge in [0.2, 0.25) is 0 Å². The van der Waals surface area contributed by atoms with Crippen LogP contribution < -0.4 is 10.6 Å². The van der Waals surface area contributed by atoms with Gasteiger partial charge in [-0.15, -0.1) is 0 Å². The summed E-state index contributed by atoms with van der Waals surface area (Å²) in [5, 5.41) is 7.40. The zero-order valence-electron chi connectivity index (χ0n) is 11.5. The van der Waals surface area contributed by atoms with E-state index in [0.717, 1.165) is 6.54 Å². The molecule has 1 aromatic heterocycles. The lowest BCUT2D eigenvalue weighted by Gasteiger charge is -2.34. The van der Waals surface area contributed by atoms with E-state index in [9.17, 15) is 0 Å². The Balaban J connectivity index is 1.85. The van der Waals surface area contributed by atoms with Gasteiger partial charge in [0.05, 0.1) is 0 Å². The summed E-state index contributed by atoms with van der Waals surface area (Å²) in [6, 6.07) is 5.97. The van der Waals surface area contributed by atoms with Crippen LogP contribution in [0.2, 0.25) is 0 Å². The van der Waals surface area contributed by atoms with Crippen molar-refractivity contribution in [2.45, 2.75) is 64.2 Å². The number of rotatable bonds is 5. The number of hydrogen-bond donors (Lipinski definition) is 2. The molecule has 2 rings (SSSR count). The largest absolute Gasteiger partial charge is 0.310 e. The van der Waals surface area contributed by atoms with Crippen LogP contribution in [-0.2, 0) is 6.54 Å². The van der Waals surface area contributed by atoms with E-state index < -0.39 is 0 Å². The number of nitrogens with one attached hydrogen (secondary N) is 2. The molecular weight excluding hydrogens is 222 g/mol. The lowest BCUT2D eigenvalue weighted by atomic mass is 9.89. The lowest BCUT2D eigenvalue weighted by Crippen LogP contribution is -2.51. The van der Waals surface area contributed by atoms with Crippen molar-refractivity contribution in [3.63, 3.8) is 0 Å². The minimum Gasteiger partial charge on any atom is -0.310 e. The summed E-state index contributed by atoms with van der Waals surface area (Å²) in [7, 11) is 0. The monoisotopic (exact) mass is 247 g/mol. The smallest absolute Gasteiger partial charge is 0.0271 e. The first-order valence-corrected chi connectivity index (χ1v) is 7.14. The van der Waals surface area contributed by atoms with Crippen LogP contribution in [0.15, 0.2) is 24.5 Å². The summed E-state index contributed by atoms with van der Waals surface area (Å²) in [5.74, 6) is 0. The minimum absolute atomic E-state index is 0.568. The summed E-state index contributed by atoms with van der Waals surface area (Å²) >= 11 is 0. The molecule has 0 aromatic carbocycles. The third kappa shape index (κ3) is 4.07. The molecule has 1 saturated carbocycles. The van der Waals surface area contributed by atoms with E-state index in [0.29, 0.717) is 18.1 Å². The molecule has 0 saturated heterocycles. The fourth-order valence-corrected chi connectivity index (χ4v) is 2.75. The Hall–Kier alpha value is -0.930. The molecule has 2 N–H and O–H groups in total. The molecule has 2 atom stereocenters. The average molecular weight is 247 g/mol. The first-order chi connectivity index (χ1) is 8.75. The number of aromatic nitrogens is 1. The molecule has 2 unspecified atom stereocenters. The SMILES string of the molecule is CC(C)NC1CCCCC1NCc1ccncc1. The maximum Gasteiger partial charge on any atom is 0.0271 e. The highest BCUT2D eigenvalue weighted by atomic mass is 15.0. The molecule has 100 valence electrons. The maximum absolute atomic E-state index is 4.05. The predicted octanol–water partition coefficient (Wildman–Crippen LogP) is 2.48. The van der Waals surface area contributed by atoms with Gasteiger partial charge in [-0.05, 0) is 30.5 Å². The van der Waals surface area contributed by atoms with Crippen molar-refractivity contribution in [1.29, 1.82) is 0 Å². The van der Waals surface area contributed by atoms with Crippen molar-refractivity contribution in [3.05, 3.63) is 30.1 Å². The molecule has 0 amide bonds. The highest BCUT2D eigenvalue weighted by Crippen LogP contribution is 2.19. The third-order valence-corrected chi connectivity index (χ3v) is 3.63. The van der Waals surface area contributed by atoms with E-state index >= 15 is 0 Å². The Morgan fingerprint density at radius 1 is 1.17 bits per heavy atom. The van der Waals surface area contributed by atoms with Gasteiger partial charge in [-0.25, -0.2) is 0 Å². The van der Waals surface area contributed by atoms with Crippen LogP contribution in [0.4, 0.5) is 0 Å². The summed E-state index contributed by atoms with van der Waals surface area (Å²) in [4.78, 5) is 4.05. The molecule has 1 aromatic rings. The van der Waals surface area contributed by atoms with Gasteiger partial charge in [0, 0.05) is 37.1 Å². The van der Waals surface area contributed by atoms with Crippen molar-refractivity contribution in [2.24, 2.45) is 0 Å². The molecular formula is C15H25N3. The van der Waals surface area contributed by atoms with Crippen molar-refractivity contribution >= 4 is 0 Å². The van der Waals surface area contributed by atoms with Crippen molar-refractivity contribution in [3.8, 4) is 0 Å². The third-order valence-electron chi connectivity index (χ3n) is 3.63. The Bertz CT molecular complexity index is 337. The van der Waals surface area contributed by atoms with Crippen molar-refractivity contribution in [1.82, 2.24) is 15.6 Å². The van der Waals surface area contributed by atoms with Crippen LogP contribution in [0, 0.1) is 0 Å². The van der Waals surface area contributed by atoms with Crippen molar-refractivity contribution < 1.29 is 0 Å². The topological polar surface area (TPSA) is 37.0 Å². The second-order valence-corrected chi connectivity index (χ2v) is 5.56. The van der Waals surface area contributed by atoms with Gasteiger partial charge in [0.1, 0.15) is 0 Å². The normalized spacial score (nSPS) is 24.4. The first-order valence-electron chi connectivity index (χ1n) is 7.14. The summed E-state index contributed by atoms with van der Waals surface area (Å²) in [5.41, 5.74) is 1.32. The van der Waals surface area contributed by atoms with E-state index in [2.05, 4.69) is 41.6 Å². The standard InChI is InChI=1S/C15H25N3/c1-12(2)18-15-6-4-3-5-14(15)17-11-13-7-9-16-10-8-13/h7-10,12,14-15,17-18H,3-6,11H2,1-2H3. The fourth-order valence-electron chi connectivity index (χ4n) is 2.75. The molecule has 0 radical (unpaired) electrons. The molecule has 0 spiro atoms. The van der Waals surface area contributed by atoms with E-state index in [-0.39, 0.29) is 0 Å². The molecule has 18 heavy (non-hydrogen) atoms. The molecule has 1 fully saturated rings. The number of nitrogens with zero attached hydrogens (tertiary/aromatic N) is 1. The Kier molecular flexibility index (Phi) is 5.14. The summed E-state index contributed by atoms with van der Waals surface area (Å²) in [6.07, 6.45) is 9.02. The van der Waals surface area contributed by atoms with Gasteiger partial charge in [-0.2, -0.15) is 0 Å². The summed E-state index contributed by atoms with van der Waals surface area (Å²) < 4.78 is 0. The van der Waals surface area contributed by atoms with E-state index in [1.165, 1.54) is 31.2 Å². The molecule has 3 nitrogen and oxygen atoms in total. The predicted molar refractivity (Wildman–Crippen MR) is 75.4 cm³/mol. The molecule has 0 aliphatic heterocycles. The van der Waals surface area contributed by atoms with E-state index in [1.54, 1.807) is 0 Å². The average Bonchev–Trinajstić information content (AvgIpc) is 2.38. The van der Waals surface area contributed by atoms with Gasteiger partial charge in [0.25, 0.3) is 0 Å². The highest BCUT2D eigenvalue weighted by molar-refractivity contribution is 5.09. The molecule has 1 aliphatic carbocycles. The number of pyridine rings is 1. The Morgan fingerprint density at radius 2 is 1.83 bits per heavy atom. The van der Waals surface area contributed by atoms with Gasteiger partial charge in [-0.3, -0.25) is 4.98 Å². The molecule has 0 bridgehead atoms. The molecule has 3 heteroatoms. The van der Waals surface area contributed by atoms with Crippen LogP contribution >= 0.6 is 0 Å². The summed E-state index contributed by atoms with van der Waals surface area (Å²) in [6.45, 7) is 5.41. The van der Waals surface area contributed by atoms with Crippen LogP contribution in [0.5, 0.6) is 0 Å². The van der Waals surface area contributed by atoms with Crippen LogP contribution in [0.25, 0.3) is 0 Å². The van der Waals surface area contributed by atoms with Crippen LogP contribution in [-0.4, -0.2) is 23.1 Å². The van der Waals surface area contributed by atoms with Crippen LogP contribution in [0.1, 0.15) is 45.1 Å². The number of hydrogen-bond acceptors (Lipinski definition) is 3. The first kappa shape index (κ1) is 13.5.